The van der Waals surface area contributed by atoms with E-state index in [1.54, 1.807) is 37.7 Å². The quantitative estimate of drug-likeness (QED) is 0.748. The molecule has 6 heteroatoms. The van der Waals surface area contributed by atoms with Crippen molar-refractivity contribution >= 4 is 11.7 Å². The van der Waals surface area contributed by atoms with Crippen molar-refractivity contribution in [3.8, 4) is 17.0 Å². The number of hydrogen-bond acceptors (Lipinski definition) is 5. The van der Waals surface area contributed by atoms with Crippen molar-refractivity contribution in [2.45, 2.75) is 6.54 Å². The van der Waals surface area contributed by atoms with Gasteiger partial charge in [-0.25, -0.2) is 9.97 Å². The second-order valence-corrected chi connectivity index (χ2v) is 5.41. The van der Waals surface area contributed by atoms with E-state index in [1.165, 1.54) is 0 Å². The molecule has 0 aliphatic carbocycles. The second kappa shape index (κ2) is 7.44. The van der Waals surface area contributed by atoms with E-state index in [2.05, 4.69) is 15.3 Å². The molecule has 0 saturated heterocycles. The van der Waals surface area contributed by atoms with E-state index in [9.17, 15) is 4.79 Å². The molecular weight excluding hydrogens is 316 g/mol. The van der Waals surface area contributed by atoms with Gasteiger partial charge in [0.25, 0.3) is 5.91 Å². The number of benzene rings is 1. The number of amides is 1. The number of anilines is 1. The molecule has 3 rings (SSSR count). The van der Waals surface area contributed by atoms with Gasteiger partial charge in [0.15, 0.2) is 0 Å². The van der Waals surface area contributed by atoms with Crippen LogP contribution in [0.25, 0.3) is 11.1 Å². The van der Waals surface area contributed by atoms with Crippen LogP contribution in [-0.2, 0) is 6.54 Å². The smallest absolute Gasteiger partial charge is 0.251 e. The van der Waals surface area contributed by atoms with E-state index in [0.717, 1.165) is 16.7 Å². The van der Waals surface area contributed by atoms with Gasteiger partial charge in [-0.15, -0.1) is 0 Å². The number of nitrogens with one attached hydrogen (secondary N) is 1. The van der Waals surface area contributed by atoms with E-state index < -0.39 is 0 Å². The lowest BCUT2D eigenvalue weighted by Gasteiger charge is -2.10. The summed E-state index contributed by atoms with van der Waals surface area (Å²) in [6.45, 7) is 0.359. The van der Waals surface area contributed by atoms with Crippen molar-refractivity contribution < 1.29 is 9.53 Å². The van der Waals surface area contributed by atoms with Gasteiger partial charge in [-0.1, -0.05) is 18.2 Å². The zero-order valence-corrected chi connectivity index (χ0v) is 13.8. The average Bonchev–Trinajstić information content (AvgIpc) is 2.68. The van der Waals surface area contributed by atoms with Crippen molar-refractivity contribution in [1.82, 2.24) is 15.3 Å². The third-order valence-corrected chi connectivity index (χ3v) is 3.72. The Kier molecular flexibility index (Phi) is 4.89. The second-order valence-electron chi connectivity index (χ2n) is 5.41. The highest BCUT2D eigenvalue weighted by Crippen LogP contribution is 2.25. The minimum absolute atomic E-state index is 0.134. The predicted molar refractivity (Wildman–Crippen MR) is 96.0 cm³/mol. The van der Waals surface area contributed by atoms with Crippen LogP contribution in [0.3, 0.4) is 0 Å². The third kappa shape index (κ3) is 3.92. The van der Waals surface area contributed by atoms with Crippen LogP contribution in [0.2, 0.25) is 0 Å². The van der Waals surface area contributed by atoms with Crippen LogP contribution < -0.4 is 15.8 Å². The highest BCUT2D eigenvalue weighted by Gasteiger charge is 2.09. The number of nitrogens with zero attached hydrogens (tertiary/aromatic N) is 2. The number of ether oxygens (including phenoxy) is 1. The lowest BCUT2D eigenvalue weighted by molar-refractivity contribution is 0.0951. The molecule has 2 aromatic heterocycles. The number of nitrogens with two attached hydrogens (primary N) is 1. The third-order valence-electron chi connectivity index (χ3n) is 3.72. The molecule has 0 bridgehead atoms. The van der Waals surface area contributed by atoms with E-state index in [0.29, 0.717) is 23.8 Å². The number of carbonyl (C=O) groups excluding carboxylic acids is 1. The van der Waals surface area contributed by atoms with Crippen molar-refractivity contribution in [3.05, 3.63) is 72.1 Å². The summed E-state index contributed by atoms with van der Waals surface area (Å²) in [6, 6.07) is 14.6. The molecule has 0 spiro atoms. The summed E-state index contributed by atoms with van der Waals surface area (Å²) in [7, 11) is 1.56. The number of hydrogen-bond donors (Lipinski definition) is 2. The maximum absolute atomic E-state index is 12.1. The Bertz CT molecular complexity index is 864. The van der Waals surface area contributed by atoms with Crippen molar-refractivity contribution in [3.63, 3.8) is 0 Å². The van der Waals surface area contributed by atoms with Crippen LogP contribution in [0.1, 0.15) is 15.9 Å². The first kappa shape index (κ1) is 16.4. The molecule has 126 valence electrons. The van der Waals surface area contributed by atoms with Gasteiger partial charge in [-0.3, -0.25) is 4.79 Å². The summed E-state index contributed by atoms with van der Waals surface area (Å²) in [5.74, 6) is 0.803. The van der Waals surface area contributed by atoms with Crippen LogP contribution >= 0.6 is 0 Å². The van der Waals surface area contributed by atoms with E-state index in [-0.39, 0.29) is 5.91 Å². The zero-order chi connectivity index (χ0) is 17.6. The number of aromatic nitrogens is 2. The molecule has 0 unspecified atom stereocenters. The predicted octanol–water partition coefficient (Wildman–Crippen LogP) is 2.66. The molecule has 0 atom stereocenters. The lowest BCUT2D eigenvalue weighted by atomic mass is 10.1. The Balaban J connectivity index is 1.76. The van der Waals surface area contributed by atoms with Gasteiger partial charge in [0, 0.05) is 41.7 Å². The fraction of sp³-hybridized carbons (Fsp3) is 0.105. The van der Waals surface area contributed by atoms with Crippen molar-refractivity contribution in [2.24, 2.45) is 0 Å². The van der Waals surface area contributed by atoms with Gasteiger partial charge >= 0.3 is 0 Å². The first-order valence-corrected chi connectivity index (χ1v) is 7.75. The lowest BCUT2D eigenvalue weighted by Crippen LogP contribution is -2.22. The molecule has 0 radical (unpaired) electrons. The van der Waals surface area contributed by atoms with Gasteiger partial charge < -0.3 is 15.8 Å². The molecular formula is C19H18N4O2. The molecule has 0 saturated carbocycles. The number of pyridine rings is 2. The summed E-state index contributed by atoms with van der Waals surface area (Å²) in [4.78, 5) is 20.5. The van der Waals surface area contributed by atoms with Crippen LogP contribution in [0.4, 0.5) is 5.82 Å². The van der Waals surface area contributed by atoms with Gasteiger partial charge in [-0.2, -0.15) is 0 Å². The number of nitrogen functional groups attached to an aromatic ring is 1. The van der Waals surface area contributed by atoms with Gasteiger partial charge in [0.1, 0.15) is 5.82 Å². The van der Waals surface area contributed by atoms with Gasteiger partial charge in [0.05, 0.1) is 7.11 Å². The molecule has 2 heterocycles. The molecule has 0 fully saturated rings. The summed E-state index contributed by atoms with van der Waals surface area (Å²) in [5, 5.41) is 2.88. The SMILES string of the molecule is COc1ccc(-c2cc(CNC(=O)c3ccccc3)cnc2N)cn1. The highest BCUT2D eigenvalue weighted by molar-refractivity contribution is 5.94. The van der Waals surface area contributed by atoms with Crippen LogP contribution in [-0.4, -0.2) is 23.0 Å². The largest absolute Gasteiger partial charge is 0.481 e. The van der Waals surface area contributed by atoms with Crippen molar-refractivity contribution in [1.29, 1.82) is 0 Å². The van der Waals surface area contributed by atoms with Crippen LogP contribution in [0.5, 0.6) is 5.88 Å². The van der Waals surface area contributed by atoms with Crippen molar-refractivity contribution in [2.75, 3.05) is 12.8 Å². The molecule has 0 aliphatic heterocycles. The normalized spacial score (nSPS) is 10.3. The zero-order valence-electron chi connectivity index (χ0n) is 13.8. The summed E-state index contributed by atoms with van der Waals surface area (Å²) in [5.41, 5.74) is 9.05. The molecule has 0 aliphatic rings. The molecule has 3 aromatic rings. The van der Waals surface area contributed by atoms with E-state index >= 15 is 0 Å². The van der Waals surface area contributed by atoms with Gasteiger partial charge in [0.2, 0.25) is 5.88 Å². The summed E-state index contributed by atoms with van der Waals surface area (Å²) in [6.07, 6.45) is 3.33. The Hall–Kier alpha value is -3.41. The monoisotopic (exact) mass is 334 g/mol. The van der Waals surface area contributed by atoms with Gasteiger partial charge in [-0.05, 0) is 29.8 Å². The Morgan fingerprint density at radius 1 is 1.12 bits per heavy atom. The Labute approximate surface area is 145 Å². The summed E-state index contributed by atoms with van der Waals surface area (Å²) >= 11 is 0. The Morgan fingerprint density at radius 2 is 1.92 bits per heavy atom. The molecule has 25 heavy (non-hydrogen) atoms. The first-order chi connectivity index (χ1) is 12.2. The average molecular weight is 334 g/mol. The minimum Gasteiger partial charge on any atom is -0.481 e. The maximum atomic E-state index is 12.1. The number of carbonyl (C=O) groups is 1. The number of methoxy groups -OCH3 is 1. The van der Waals surface area contributed by atoms with E-state index in [4.69, 9.17) is 10.5 Å². The van der Waals surface area contributed by atoms with Crippen LogP contribution in [0.15, 0.2) is 60.9 Å². The molecule has 3 N–H and O–H groups in total. The molecule has 1 amide bonds. The minimum atomic E-state index is -0.134. The molecule has 1 aromatic carbocycles. The topological polar surface area (TPSA) is 90.1 Å². The Morgan fingerprint density at radius 3 is 2.60 bits per heavy atom. The number of rotatable bonds is 5. The van der Waals surface area contributed by atoms with E-state index in [1.807, 2.05) is 30.3 Å². The fourth-order valence-corrected chi connectivity index (χ4v) is 2.38. The molecule has 6 nitrogen and oxygen atoms in total. The maximum Gasteiger partial charge on any atom is 0.251 e. The highest BCUT2D eigenvalue weighted by atomic mass is 16.5. The summed E-state index contributed by atoms with van der Waals surface area (Å²) < 4.78 is 5.06. The first-order valence-electron chi connectivity index (χ1n) is 7.75. The van der Waals surface area contributed by atoms with Crippen LogP contribution in [0, 0.1) is 0 Å². The standard InChI is InChI=1S/C19H18N4O2/c1-25-17-8-7-15(12-21-17)16-9-13(10-22-18(16)20)11-23-19(24)14-5-3-2-4-6-14/h2-10,12H,11H2,1H3,(H2,20,22)(H,23,24). The fourth-order valence-electron chi connectivity index (χ4n) is 2.38.